The Hall–Kier alpha value is -1.80. The molecule has 2 amide bonds. The zero-order valence-electron chi connectivity index (χ0n) is 19.3. The second kappa shape index (κ2) is 8.52. The van der Waals surface area contributed by atoms with Crippen LogP contribution in [0.4, 0.5) is 0 Å². The molecule has 176 valence electrons. The average molecular weight is 463 g/mol. The third-order valence-corrected chi connectivity index (χ3v) is 9.39. The number of aliphatic hydroxyl groups is 1. The molecule has 0 radical (unpaired) electrons. The van der Waals surface area contributed by atoms with Crippen LogP contribution in [-0.4, -0.2) is 80.1 Å². The summed E-state index contributed by atoms with van der Waals surface area (Å²) in [6.45, 7) is 8.46. The summed E-state index contributed by atoms with van der Waals surface area (Å²) in [6.07, 6.45) is 10.2. The number of cyclic esters (lactones) is 1. The van der Waals surface area contributed by atoms with Gasteiger partial charge in [-0.15, -0.1) is 11.8 Å². The van der Waals surface area contributed by atoms with Crippen LogP contribution in [0.3, 0.4) is 0 Å². The average Bonchev–Trinajstić information content (AvgIpc) is 3.01. The number of ether oxygens (including phenoxy) is 1. The van der Waals surface area contributed by atoms with Crippen LogP contribution in [0, 0.1) is 11.8 Å². The Morgan fingerprint density at radius 2 is 1.94 bits per heavy atom. The second-order valence-corrected chi connectivity index (χ2v) is 11.3. The van der Waals surface area contributed by atoms with Gasteiger partial charge in [-0.1, -0.05) is 38.5 Å². The molecule has 0 bridgehead atoms. The van der Waals surface area contributed by atoms with Crippen LogP contribution < -0.4 is 0 Å². The number of nitrogens with zero attached hydrogens (tertiary/aromatic N) is 2. The van der Waals surface area contributed by atoms with Gasteiger partial charge in [-0.25, -0.2) is 0 Å². The Kier molecular flexibility index (Phi) is 6.22. The maximum absolute atomic E-state index is 14.1. The summed E-state index contributed by atoms with van der Waals surface area (Å²) in [5.41, 5.74) is 0. The number of amides is 2. The zero-order chi connectivity index (χ0) is 23.3. The van der Waals surface area contributed by atoms with E-state index in [-0.39, 0.29) is 37.0 Å². The van der Waals surface area contributed by atoms with Gasteiger partial charge in [0.25, 0.3) is 0 Å². The van der Waals surface area contributed by atoms with E-state index < -0.39 is 33.4 Å². The van der Waals surface area contributed by atoms with Crippen molar-refractivity contribution in [1.82, 2.24) is 9.80 Å². The first kappa shape index (κ1) is 23.4. The second-order valence-electron chi connectivity index (χ2n) is 9.55. The summed E-state index contributed by atoms with van der Waals surface area (Å²) < 4.78 is 3.91. The Labute approximate surface area is 194 Å². The van der Waals surface area contributed by atoms with Gasteiger partial charge in [0.2, 0.25) is 11.8 Å². The predicted octanol–water partition coefficient (Wildman–Crippen LogP) is 2.14. The third-order valence-electron chi connectivity index (χ3n) is 7.60. The first-order valence-corrected chi connectivity index (χ1v) is 12.5. The van der Waals surface area contributed by atoms with Gasteiger partial charge in [-0.2, -0.15) is 0 Å². The molecule has 0 aliphatic carbocycles. The van der Waals surface area contributed by atoms with Crippen molar-refractivity contribution in [2.75, 3.05) is 19.8 Å². The Balaban J connectivity index is 1.88. The molecule has 0 aromatic heterocycles. The van der Waals surface area contributed by atoms with E-state index in [1.807, 2.05) is 50.0 Å². The number of hydrogen-bond donors (Lipinski definition) is 1. The van der Waals surface area contributed by atoms with E-state index in [9.17, 15) is 19.5 Å². The van der Waals surface area contributed by atoms with Crippen LogP contribution in [-0.2, 0) is 19.1 Å². The number of likely N-dealkylation sites (tertiary alicyclic amines) is 1. The standard InChI is InChI=1S/C24H34N2O5S/c1-5-9-15(3)25-12-7-11-24-17(18-22(30)31-13-8-10-23(18,4)32-24)20(28)26(16(6-2)14-27)19(24)21(25)29/h7-8,10-11,15-19,27H,5-6,9,12-14H2,1-4H3/t15?,16-,17-,18+,19?,23-,24-/m0/s1. The summed E-state index contributed by atoms with van der Waals surface area (Å²) in [6, 6.07) is -1.20. The largest absolute Gasteiger partial charge is 0.461 e. The number of carbonyl (C=O) groups excluding carboxylic acids is 3. The molecular weight excluding hydrogens is 428 g/mol. The highest BCUT2D eigenvalue weighted by molar-refractivity contribution is 8.02. The molecule has 2 saturated heterocycles. The van der Waals surface area contributed by atoms with Gasteiger partial charge < -0.3 is 19.6 Å². The van der Waals surface area contributed by atoms with Crippen molar-refractivity contribution in [3.63, 3.8) is 0 Å². The molecule has 0 saturated carbocycles. The highest BCUT2D eigenvalue weighted by atomic mass is 32.2. The van der Waals surface area contributed by atoms with Gasteiger partial charge >= 0.3 is 5.97 Å². The van der Waals surface area contributed by atoms with Crippen LogP contribution in [0.2, 0.25) is 0 Å². The highest BCUT2D eigenvalue weighted by Gasteiger charge is 2.74. The van der Waals surface area contributed by atoms with Crippen LogP contribution in [0.1, 0.15) is 47.0 Å². The molecule has 4 aliphatic rings. The van der Waals surface area contributed by atoms with Crippen molar-refractivity contribution in [1.29, 1.82) is 0 Å². The first-order valence-electron chi connectivity index (χ1n) is 11.7. The predicted molar refractivity (Wildman–Crippen MR) is 123 cm³/mol. The van der Waals surface area contributed by atoms with Crippen molar-refractivity contribution in [2.45, 2.75) is 74.6 Å². The van der Waals surface area contributed by atoms with Crippen molar-refractivity contribution in [2.24, 2.45) is 11.8 Å². The Bertz CT molecular complexity index is 855. The third kappa shape index (κ3) is 3.24. The van der Waals surface area contributed by atoms with E-state index in [2.05, 4.69) is 6.92 Å². The zero-order valence-corrected chi connectivity index (χ0v) is 20.1. The van der Waals surface area contributed by atoms with Crippen LogP contribution in [0.5, 0.6) is 0 Å². The number of carbonyl (C=O) groups is 3. The Morgan fingerprint density at radius 3 is 2.59 bits per heavy atom. The molecule has 4 aliphatic heterocycles. The lowest BCUT2D eigenvalue weighted by atomic mass is 9.75. The number of esters is 1. The lowest BCUT2D eigenvalue weighted by Gasteiger charge is -2.40. The number of thioether (sulfide) groups is 1. The van der Waals surface area contributed by atoms with Crippen molar-refractivity contribution in [3.05, 3.63) is 24.3 Å². The molecule has 0 aromatic carbocycles. The molecular formula is C24H34N2O5S. The van der Waals surface area contributed by atoms with Crippen molar-refractivity contribution in [3.8, 4) is 0 Å². The quantitative estimate of drug-likeness (QED) is 0.481. The lowest BCUT2D eigenvalue weighted by Crippen LogP contribution is -2.57. The molecule has 8 heteroatoms. The minimum atomic E-state index is -0.877. The summed E-state index contributed by atoms with van der Waals surface area (Å²) in [5, 5.41) is 10.1. The molecule has 4 heterocycles. The fraction of sp³-hybridized carbons (Fsp3) is 0.708. The molecule has 7 atom stereocenters. The molecule has 1 spiro atoms. The van der Waals surface area contributed by atoms with Gasteiger partial charge in [0, 0.05) is 17.3 Å². The molecule has 32 heavy (non-hydrogen) atoms. The van der Waals surface area contributed by atoms with Gasteiger partial charge in [-0.05, 0) is 32.8 Å². The Morgan fingerprint density at radius 1 is 1.19 bits per heavy atom. The number of aliphatic hydroxyl groups excluding tert-OH is 1. The summed E-state index contributed by atoms with van der Waals surface area (Å²) in [4.78, 5) is 44.6. The molecule has 1 N–H and O–H groups in total. The molecule has 4 rings (SSSR count). The highest BCUT2D eigenvalue weighted by Crippen LogP contribution is 2.65. The van der Waals surface area contributed by atoms with Gasteiger partial charge in [0.1, 0.15) is 12.6 Å². The molecule has 0 aromatic rings. The van der Waals surface area contributed by atoms with Gasteiger partial charge in [0.05, 0.1) is 29.2 Å². The van der Waals surface area contributed by atoms with E-state index in [1.54, 1.807) is 4.90 Å². The maximum atomic E-state index is 14.1. The van der Waals surface area contributed by atoms with E-state index in [4.69, 9.17) is 4.74 Å². The normalized spacial score (nSPS) is 38.0. The van der Waals surface area contributed by atoms with Crippen molar-refractivity contribution >= 4 is 29.5 Å². The minimum Gasteiger partial charge on any atom is -0.461 e. The number of fused-ring (bicyclic) bond motifs is 2. The smallest absolute Gasteiger partial charge is 0.311 e. The monoisotopic (exact) mass is 462 g/mol. The SMILES string of the molecule is CCCC(C)N1CC=C[C@]23S[C@@]4(C)C=CCOC(=O)[C@H]4[C@H]2C(=O)N([C@@H](CC)CO)C3C1=O. The maximum Gasteiger partial charge on any atom is 0.311 e. The summed E-state index contributed by atoms with van der Waals surface area (Å²) in [5.74, 6) is -2.10. The summed E-state index contributed by atoms with van der Waals surface area (Å²) in [7, 11) is 0. The van der Waals surface area contributed by atoms with Crippen LogP contribution in [0.15, 0.2) is 24.3 Å². The van der Waals surface area contributed by atoms with Gasteiger partial charge in [-0.3, -0.25) is 14.4 Å². The summed E-state index contributed by atoms with van der Waals surface area (Å²) >= 11 is 1.54. The van der Waals surface area contributed by atoms with Gasteiger partial charge in [0.15, 0.2) is 0 Å². The van der Waals surface area contributed by atoms with E-state index in [1.165, 1.54) is 11.8 Å². The van der Waals surface area contributed by atoms with Crippen LogP contribution >= 0.6 is 11.8 Å². The fourth-order valence-electron chi connectivity index (χ4n) is 6.09. The first-order chi connectivity index (χ1) is 15.3. The number of rotatable bonds is 6. The molecule has 2 unspecified atom stereocenters. The molecule has 2 fully saturated rings. The topological polar surface area (TPSA) is 87.2 Å². The minimum absolute atomic E-state index is 0.0369. The van der Waals surface area contributed by atoms with E-state index in [0.717, 1.165) is 12.8 Å². The van der Waals surface area contributed by atoms with Crippen molar-refractivity contribution < 1.29 is 24.2 Å². The lowest BCUT2D eigenvalue weighted by molar-refractivity contribution is -0.153. The fourth-order valence-corrected chi connectivity index (χ4v) is 8.23. The van der Waals surface area contributed by atoms with E-state index in [0.29, 0.717) is 13.0 Å². The van der Waals surface area contributed by atoms with E-state index >= 15 is 0 Å². The number of hydrogen-bond acceptors (Lipinski definition) is 6. The van der Waals surface area contributed by atoms with Crippen LogP contribution in [0.25, 0.3) is 0 Å². The molecule has 7 nitrogen and oxygen atoms in total.